The van der Waals surface area contributed by atoms with Crippen LogP contribution < -0.4 is 14.4 Å². The van der Waals surface area contributed by atoms with Crippen molar-refractivity contribution in [2.75, 3.05) is 57.4 Å². The average molecular weight is 552 g/mol. The van der Waals surface area contributed by atoms with E-state index in [-0.39, 0.29) is 12.0 Å². The van der Waals surface area contributed by atoms with Gasteiger partial charge >= 0.3 is 6.01 Å². The third-order valence-electron chi connectivity index (χ3n) is 7.02. The lowest BCUT2D eigenvalue weighted by atomic mass is 10.1. The maximum absolute atomic E-state index is 14.1. The van der Waals surface area contributed by atoms with Gasteiger partial charge in [-0.1, -0.05) is 18.6 Å². The summed E-state index contributed by atoms with van der Waals surface area (Å²) in [6.07, 6.45) is 0.974. The van der Waals surface area contributed by atoms with Crippen molar-refractivity contribution in [1.82, 2.24) is 29.4 Å². The minimum absolute atomic E-state index is 0.00755. The number of aromatic nitrogens is 5. The number of hydrogen-bond acceptors (Lipinski definition) is 9. The number of morpholine rings is 1. The second kappa shape index (κ2) is 12.1. The summed E-state index contributed by atoms with van der Waals surface area (Å²) >= 11 is 0. The first kappa shape index (κ1) is 26.3. The molecule has 0 atom stereocenters. The smallest absolute Gasteiger partial charge is 0.328 e. The molecule has 0 amide bonds. The molecular weight excluding hydrogens is 520 g/mol. The molecule has 4 heterocycles. The number of anilines is 1. The Morgan fingerprint density at radius 1 is 0.800 bits per heavy atom. The predicted molar refractivity (Wildman–Crippen MR) is 145 cm³/mol. The summed E-state index contributed by atoms with van der Waals surface area (Å²) in [7, 11) is 0. The Morgan fingerprint density at radius 2 is 1.52 bits per heavy atom. The molecule has 12 heteroatoms. The first-order valence-corrected chi connectivity index (χ1v) is 13.6. The standard InChI is InChI=1S/C28H31F2N7O3/c29-24(30)25-31-22-6-2-3-7-23(22)37(25)27-32-26(36-15-17-38-18-16-36)33-28(34-27)40-21-10-8-20(9-11-21)39-19-14-35-12-4-1-5-13-35/h2-3,6-11,24H,1,4-5,12-19H2. The lowest BCUT2D eigenvalue weighted by molar-refractivity contribution is 0.122. The van der Waals surface area contributed by atoms with Crippen molar-refractivity contribution < 1.29 is 23.0 Å². The van der Waals surface area contributed by atoms with Crippen LogP contribution in [0.3, 0.4) is 0 Å². The number of fused-ring (bicyclic) bond motifs is 1. The Bertz CT molecular complexity index is 1420. The van der Waals surface area contributed by atoms with Crippen molar-refractivity contribution in [3.8, 4) is 23.5 Å². The maximum Gasteiger partial charge on any atom is 0.328 e. The summed E-state index contributed by atoms with van der Waals surface area (Å²) < 4.78 is 46.8. The lowest BCUT2D eigenvalue weighted by Crippen LogP contribution is -2.37. The van der Waals surface area contributed by atoms with Gasteiger partial charge in [-0.2, -0.15) is 15.0 Å². The number of para-hydroxylation sites is 2. The molecule has 0 saturated carbocycles. The average Bonchev–Trinajstić information content (AvgIpc) is 3.39. The van der Waals surface area contributed by atoms with Crippen LogP contribution in [-0.2, 0) is 4.74 Å². The van der Waals surface area contributed by atoms with Crippen molar-refractivity contribution in [2.24, 2.45) is 0 Å². The van der Waals surface area contributed by atoms with Gasteiger partial charge in [0.1, 0.15) is 18.1 Å². The molecule has 0 N–H and O–H groups in total. The predicted octanol–water partition coefficient (Wildman–Crippen LogP) is 4.64. The van der Waals surface area contributed by atoms with Gasteiger partial charge in [-0.05, 0) is 62.3 Å². The number of hydrogen-bond donors (Lipinski definition) is 0. The molecule has 2 aliphatic rings. The van der Waals surface area contributed by atoms with E-state index in [4.69, 9.17) is 14.2 Å². The Labute approximate surface area is 230 Å². The summed E-state index contributed by atoms with van der Waals surface area (Å²) in [5, 5.41) is 0. The molecule has 0 aliphatic carbocycles. The van der Waals surface area contributed by atoms with Crippen LogP contribution in [0.1, 0.15) is 31.5 Å². The minimum atomic E-state index is -2.83. The van der Waals surface area contributed by atoms with Gasteiger partial charge in [0, 0.05) is 19.6 Å². The fraction of sp³-hybridized carbons (Fsp3) is 0.429. The normalized spacial score (nSPS) is 16.5. The first-order chi connectivity index (χ1) is 19.6. The zero-order valence-electron chi connectivity index (χ0n) is 22.1. The van der Waals surface area contributed by atoms with E-state index in [0.717, 1.165) is 25.4 Å². The van der Waals surface area contributed by atoms with Gasteiger partial charge in [-0.3, -0.25) is 9.47 Å². The van der Waals surface area contributed by atoms with Crippen LogP contribution in [0.25, 0.3) is 17.0 Å². The van der Waals surface area contributed by atoms with Crippen molar-refractivity contribution in [1.29, 1.82) is 0 Å². The van der Waals surface area contributed by atoms with E-state index in [0.29, 0.717) is 55.6 Å². The molecule has 210 valence electrons. The molecule has 2 aliphatic heterocycles. The first-order valence-electron chi connectivity index (χ1n) is 13.6. The molecule has 6 rings (SSSR count). The molecule has 0 unspecified atom stereocenters. The highest BCUT2D eigenvalue weighted by molar-refractivity contribution is 5.77. The number of nitrogens with zero attached hydrogens (tertiary/aromatic N) is 7. The largest absolute Gasteiger partial charge is 0.492 e. The molecule has 2 aromatic carbocycles. The number of ether oxygens (including phenoxy) is 3. The highest BCUT2D eigenvalue weighted by Gasteiger charge is 2.25. The molecular formula is C28H31F2N7O3. The van der Waals surface area contributed by atoms with Gasteiger partial charge in [0.05, 0.1) is 24.2 Å². The Morgan fingerprint density at radius 3 is 2.30 bits per heavy atom. The minimum Gasteiger partial charge on any atom is -0.492 e. The summed E-state index contributed by atoms with van der Waals surface area (Å²) in [5.74, 6) is 1.10. The zero-order valence-corrected chi connectivity index (χ0v) is 22.1. The molecule has 4 aromatic rings. The van der Waals surface area contributed by atoms with Crippen molar-refractivity contribution in [3.05, 3.63) is 54.4 Å². The molecule has 0 bridgehead atoms. The van der Waals surface area contributed by atoms with Gasteiger partial charge < -0.3 is 19.1 Å². The fourth-order valence-electron chi connectivity index (χ4n) is 4.97. The van der Waals surface area contributed by atoms with E-state index >= 15 is 0 Å². The molecule has 2 aromatic heterocycles. The Hall–Kier alpha value is -3.90. The molecule has 0 radical (unpaired) electrons. The van der Waals surface area contributed by atoms with Gasteiger partial charge in [-0.15, -0.1) is 0 Å². The van der Waals surface area contributed by atoms with E-state index in [1.807, 2.05) is 17.0 Å². The number of likely N-dealkylation sites (tertiary alicyclic amines) is 1. The van der Waals surface area contributed by atoms with Gasteiger partial charge in [0.15, 0.2) is 5.82 Å². The van der Waals surface area contributed by atoms with Crippen LogP contribution >= 0.6 is 0 Å². The molecule has 0 spiro atoms. The van der Waals surface area contributed by atoms with Crippen LogP contribution in [-0.4, -0.2) is 81.9 Å². The molecule has 2 saturated heterocycles. The summed E-state index contributed by atoms with van der Waals surface area (Å²) in [6.45, 7) is 5.90. The summed E-state index contributed by atoms with van der Waals surface area (Å²) in [5.41, 5.74) is 0.887. The number of piperidine rings is 1. The Balaban J connectivity index is 1.26. The third-order valence-corrected chi connectivity index (χ3v) is 7.02. The van der Waals surface area contributed by atoms with Crippen molar-refractivity contribution in [2.45, 2.75) is 25.7 Å². The lowest BCUT2D eigenvalue weighted by Gasteiger charge is -2.27. The summed E-state index contributed by atoms with van der Waals surface area (Å²) in [4.78, 5) is 22.0. The van der Waals surface area contributed by atoms with Crippen molar-refractivity contribution in [3.63, 3.8) is 0 Å². The zero-order chi connectivity index (χ0) is 27.3. The number of imidazole rings is 1. The third kappa shape index (κ3) is 5.97. The number of benzene rings is 2. The van der Waals surface area contributed by atoms with E-state index in [1.54, 1.807) is 36.4 Å². The summed E-state index contributed by atoms with van der Waals surface area (Å²) in [6, 6.07) is 14.1. The number of alkyl halides is 2. The fourth-order valence-corrected chi connectivity index (χ4v) is 4.97. The maximum atomic E-state index is 14.1. The van der Waals surface area contributed by atoms with Crippen LogP contribution in [0.2, 0.25) is 0 Å². The Kier molecular flexibility index (Phi) is 7.96. The van der Waals surface area contributed by atoms with Gasteiger partial charge in [0.2, 0.25) is 11.9 Å². The van der Waals surface area contributed by atoms with E-state index in [2.05, 4.69) is 24.8 Å². The quantitative estimate of drug-likeness (QED) is 0.295. The van der Waals surface area contributed by atoms with Crippen molar-refractivity contribution >= 4 is 17.0 Å². The van der Waals surface area contributed by atoms with Crippen LogP contribution in [0.15, 0.2) is 48.5 Å². The van der Waals surface area contributed by atoms with E-state index < -0.39 is 12.2 Å². The second-order valence-electron chi connectivity index (χ2n) is 9.74. The van der Waals surface area contributed by atoms with E-state index in [1.165, 1.54) is 23.8 Å². The van der Waals surface area contributed by atoms with Crippen LogP contribution in [0.4, 0.5) is 14.7 Å². The highest BCUT2D eigenvalue weighted by atomic mass is 19.3. The van der Waals surface area contributed by atoms with Crippen LogP contribution in [0, 0.1) is 0 Å². The van der Waals surface area contributed by atoms with E-state index in [9.17, 15) is 8.78 Å². The van der Waals surface area contributed by atoms with Gasteiger partial charge in [-0.25, -0.2) is 13.8 Å². The SMILES string of the molecule is FC(F)c1nc2ccccc2n1-c1nc(Oc2ccc(OCCN3CCCCC3)cc2)nc(N2CCOCC2)n1. The topological polar surface area (TPSA) is 90.7 Å². The van der Waals surface area contributed by atoms with Gasteiger partial charge in [0.25, 0.3) is 6.43 Å². The van der Waals surface area contributed by atoms with Crippen LogP contribution in [0.5, 0.6) is 17.5 Å². The molecule has 40 heavy (non-hydrogen) atoms. The number of rotatable bonds is 9. The molecule has 2 fully saturated rings. The molecule has 10 nitrogen and oxygen atoms in total. The second-order valence-corrected chi connectivity index (χ2v) is 9.74. The number of halogens is 2. The monoisotopic (exact) mass is 551 g/mol. The highest BCUT2D eigenvalue weighted by Crippen LogP contribution is 2.29.